The van der Waals surface area contributed by atoms with Crippen LogP contribution in [0, 0.1) is 0 Å². The lowest BCUT2D eigenvalue weighted by molar-refractivity contribution is 1.73. The van der Waals surface area contributed by atoms with Gasteiger partial charge in [0.25, 0.3) is 0 Å². The van der Waals surface area contributed by atoms with Crippen LogP contribution in [0.2, 0.25) is 0 Å². The van der Waals surface area contributed by atoms with Gasteiger partial charge >= 0.3 is 14.1 Å². The quantitative estimate of drug-likeness (QED) is 0.0888. The third-order valence-corrected chi connectivity index (χ3v) is 22.2. The van der Waals surface area contributed by atoms with Gasteiger partial charge in [0.15, 0.2) is 0 Å². The molecule has 0 heterocycles. The van der Waals surface area contributed by atoms with Crippen LogP contribution in [0.4, 0.5) is 0 Å². The lowest BCUT2D eigenvalue weighted by Gasteiger charge is -2.30. The molecular weight excluding hydrogens is 768 g/mol. The van der Waals surface area contributed by atoms with E-state index in [-0.39, 0.29) is 0 Å². The van der Waals surface area contributed by atoms with Crippen molar-refractivity contribution in [2.45, 2.75) is 0 Å². The summed E-state index contributed by atoms with van der Waals surface area (Å²) in [4.78, 5) is 0. The Hall–Kier alpha value is -5.20. The smallest absolute Gasteiger partial charge is 0.0905 e. The van der Waals surface area contributed by atoms with Gasteiger partial charge in [-0.25, -0.2) is 0 Å². The second-order valence-electron chi connectivity index (χ2n) is 14.1. The van der Waals surface area contributed by atoms with Crippen LogP contribution in [0.5, 0.6) is 0 Å². The van der Waals surface area contributed by atoms with Crippen LogP contribution < -0.4 is 61.0 Å². The SMILES string of the molecule is c1ccc(P(c2ccccc2)c2cccc[c]2[Al]([c]2ccccc2P(c2ccccc2)c2ccccc2)[c]2ccccc2P(c2ccccc2)c2ccccc2)cc1. The van der Waals surface area contributed by atoms with Crippen LogP contribution in [0.15, 0.2) is 255 Å². The molecule has 9 aromatic carbocycles. The number of hydrogen-bond acceptors (Lipinski definition) is 0. The fourth-order valence-electron chi connectivity index (χ4n) is 8.05. The summed E-state index contributed by atoms with van der Waals surface area (Å²) in [5.41, 5.74) is 0. The average Bonchev–Trinajstić information content (AvgIpc) is 3.30. The summed E-state index contributed by atoms with van der Waals surface area (Å²) in [5.74, 6) is 0. The van der Waals surface area contributed by atoms with Crippen molar-refractivity contribution in [1.82, 2.24) is 0 Å². The molecule has 0 aliphatic carbocycles. The van der Waals surface area contributed by atoms with E-state index >= 15 is 0 Å². The molecule has 4 heteroatoms. The fraction of sp³-hybridized carbons (Fsp3) is 0. The van der Waals surface area contributed by atoms with Crippen LogP contribution in [-0.4, -0.2) is 14.1 Å². The number of benzene rings is 9. The Morgan fingerprint density at radius 2 is 0.362 bits per heavy atom. The molecule has 0 aliphatic rings. The molecule has 9 rings (SSSR count). The molecule has 0 amide bonds. The van der Waals surface area contributed by atoms with Crippen molar-refractivity contribution < 1.29 is 0 Å². The third kappa shape index (κ3) is 8.22. The minimum Gasteiger partial charge on any atom is -0.0905 e. The van der Waals surface area contributed by atoms with Crippen molar-refractivity contribution in [1.29, 1.82) is 0 Å². The molecular formula is C54H42AlP3. The first-order valence-electron chi connectivity index (χ1n) is 19.8. The minimum atomic E-state index is -2.29. The van der Waals surface area contributed by atoms with Crippen molar-refractivity contribution in [2.24, 2.45) is 0 Å². The van der Waals surface area contributed by atoms with E-state index < -0.39 is 37.9 Å². The van der Waals surface area contributed by atoms with Gasteiger partial charge in [0, 0.05) is 0 Å². The molecule has 0 aromatic heterocycles. The summed E-state index contributed by atoms with van der Waals surface area (Å²) in [5, 5.41) is 12.6. The highest BCUT2D eigenvalue weighted by Gasteiger charge is 2.37. The van der Waals surface area contributed by atoms with Gasteiger partial charge in [-0.1, -0.05) is 268 Å². The van der Waals surface area contributed by atoms with Crippen molar-refractivity contribution in [2.75, 3.05) is 0 Å². The van der Waals surface area contributed by atoms with Crippen LogP contribution in [-0.2, 0) is 0 Å². The molecule has 0 radical (unpaired) electrons. The van der Waals surface area contributed by atoms with E-state index in [1.807, 2.05) is 0 Å². The van der Waals surface area contributed by atoms with Crippen molar-refractivity contribution in [3.63, 3.8) is 0 Å². The van der Waals surface area contributed by atoms with Gasteiger partial charge < -0.3 is 0 Å². The predicted molar refractivity (Wildman–Crippen MR) is 260 cm³/mol. The Kier molecular flexibility index (Phi) is 12.3. The summed E-state index contributed by atoms with van der Waals surface area (Å²) < 4.78 is 4.48. The molecule has 276 valence electrons. The topological polar surface area (TPSA) is 0 Å². The molecule has 0 fully saturated rings. The summed E-state index contributed by atoms with van der Waals surface area (Å²) >= 11 is -2.29. The van der Waals surface area contributed by atoms with E-state index in [4.69, 9.17) is 0 Å². The Balaban J connectivity index is 1.36. The molecule has 0 aliphatic heterocycles. The molecule has 0 nitrogen and oxygen atoms in total. The van der Waals surface area contributed by atoms with E-state index in [1.54, 1.807) is 0 Å². The van der Waals surface area contributed by atoms with Crippen molar-refractivity contribution >= 4 is 98.9 Å². The number of rotatable bonds is 12. The molecule has 9 aromatic rings. The molecule has 0 spiro atoms. The molecule has 0 bridgehead atoms. The van der Waals surface area contributed by atoms with E-state index in [9.17, 15) is 0 Å². The van der Waals surface area contributed by atoms with Gasteiger partial charge in [-0.05, 0) is 71.5 Å². The standard InChI is InChI=1S/3C18H14P.Al/c3*1-4-10-16(11-5-1)19(17-12-6-2-7-13-17)18-14-8-3-9-15-18;/h3*1-14H;. The van der Waals surface area contributed by atoms with Crippen LogP contribution >= 0.6 is 23.8 Å². The first-order valence-corrected chi connectivity index (χ1v) is 25.6. The Morgan fingerprint density at radius 3 is 0.569 bits per heavy atom. The Labute approximate surface area is 351 Å². The molecule has 0 N–H and O–H groups in total. The largest absolute Gasteiger partial charge is 0.386 e. The summed E-state index contributed by atoms with van der Waals surface area (Å²) in [7, 11) is -2.58. The summed E-state index contributed by atoms with van der Waals surface area (Å²) in [6, 6.07) is 95.8. The lowest BCUT2D eigenvalue weighted by Crippen LogP contribution is -2.63. The average molecular weight is 811 g/mol. The van der Waals surface area contributed by atoms with E-state index in [0.717, 1.165) is 0 Å². The third-order valence-electron chi connectivity index (χ3n) is 10.6. The van der Waals surface area contributed by atoms with Gasteiger partial charge in [0.05, 0.1) is 0 Å². The molecule has 58 heavy (non-hydrogen) atoms. The maximum atomic E-state index is 2.49. The first kappa shape index (κ1) is 38.3. The van der Waals surface area contributed by atoms with Crippen LogP contribution in [0.25, 0.3) is 0 Å². The van der Waals surface area contributed by atoms with Crippen molar-refractivity contribution in [3.05, 3.63) is 255 Å². The highest BCUT2D eigenvalue weighted by atomic mass is 31.1. The molecule has 0 unspecified atom stereocenters. The van der Waals surface area contributed by atoms with E-state index in [1.165, 1.54) is 61.0 Å². The predicted octanol–water partition coefficient (Wildman–Crippen LogP) is 7.48. The van der Waals surface area contributed by atoms with Crippen LogP contribution in [0.3, 0.4) is 0 Å². The van der Waals surface area contributed by atoms with E-state index in [2.05, 4.69) is 255 Å². The first-order chi connectivity index (χ1) is 28.8. The van der Waals surface area contributed by atoms with Gasteiger partial charge in [-0.15, -0.1) is 0 Å². The van der Waals surface area contributed by atoms with Gasteiger partial charge in [0.2, 0.25) is 0 Å². The zero-order valence-electron chi connectivity index (χ0n) is 32.2. The second-order valence-corrected chi connectivity index (χ2v) is 23.4. The lowest BCUT2D eigenvalue weighted by atomic mass is 10.3. The minimum absolute atomic E-state index is 0.860. The fourth-order valence-corrected chi connectivity index (χ4v) is 20.6. The van der Waals surface area contributed by atoms with Gasteiger partial charge in [-0.3, -0.25) is 0 Å². The van der Waals surface area contributed by atoms with Crippen LogP contribution in [0.1, 0.15) is 0 Å². The zero-order valence-corrected chi connectivity index (χ0v) is 36.0. The second kappa shape index (κ2) is 18.6. The zero-order chi connectivity index (χ0) is 38.9. The molecule has 0 saturated heterocycles. The monoisotopic (exact) mass is 810 g/mol. The Morgan fingerprint density at radius 1 is 0.190 bits per heavy atom. The Bertz CT molecular complexity index is 2260. The highest BCUT2D eigenvalue weighted by molar-refractivity contribution is 7.81. The highest BCUT2D eigenvalue weighted by Crippen LogP contribution is 2.35. The number of hydrogen-bond donors (Lipinski definition) is 0. The molecule has 0 atom stereocenters. The van der Waals surface area contributed by atoms with E-state index in [0.29, 0.717) is 0 Å². The van der Waals surface area contributed by atoms with Gasteiger partial charge in [-0.2, -0.15) is 0 Å². The maximum Gasteiger partial charge on any atom is 0.386 e. The van der Waals surface area contributed by atoms with Crippen molar-refractivity contribution in [3.8, 4) is 0 Å². The summed E-state index contributed by atoms with van der Waals surface area (Å²) in [6.07, 6.45) is 0. The molecule has 0 saturated carbocycles. The summed E-state index contributed by atoms with van der Waals surface area (Å²) in [6.45, 7) is 0. The van der Waals surface area contributed by atoms with Gasteiger partial charge in [0.1, 0.15) is 0 Å². The maximum absolute atomic E-state index is 2.49. The normalized spacial score (nSPS) is 11.2.